The Morgan fingerprint density at radius 1 is 1.27 bits per heavy atom. The molecule has 2 aromatic carbocycles. The molecular formula is C27H37N5O6S2. The number of rotatable bonds is 16. The fraction of sp³-hybridized carbons (Fsp3) is 0.407. The molecule has 11 nitrogen and oxygen atoms in total. The predicted molar refractivity (Wildman–Crippen MR) is 159 cm³/mol. The molecule has 0 aliphatic rings. The van der Waals surface area contributed by atoms with Crippen molar-refractivity contribution in [1.29, 1.82) is 0 Å². The first-order valence-corrected chi connectivity index (χ1v) is 15.6. The topological polar surface area (TPSA) is 124 Å². The molecule has 218 valence electrons. The van der Waals surface area contributed by atoms with E-state index in [4.69, 9.17) is 19.2 Å². The van der Waals surface area contributed by atoms with Gasteiger partial charge >= 0.3 is 0 Å². The number of nitrogens with zero attached hydrogens (tertiary/aromatic N) is 3. The number of thioether (sulfide) groups is 1. The van der Waals surface area contributed by atoms with Crippen molar-refractivity contribution >= 4 is 56.4 Å². The number of benzene rings is 2. The van der Waals surface area contributed by atoms with Gasteiger partial charge in [-0.05, 0) is 64.3 Å². The number of ether oxygens (including phenoxy) is 3. The van der Waals surface area contributed by atoms with Crippen LogP contribution in [0.5, 0.6) is 5.75 Å². The molecule has 40 heavy (non-hydrogen) atoms. The summed E-state index contributed by atoms with van der Waals surface area (Å²) in [6.45, 7) is 4.85. The van der Waals surface area contributed by atoms with E-state index in [0.29, 0.717) is 29.5 Å². The summed E-state index contributed by atoms with van der Waals surface area (Å²) in [6.07, 6.45) is 0.659. The Hall–Kier alpha value is -3.10. The van der Waals surface area contributed by atoms with E-state index in [1.54, 1.807) is 44.1 Å². The third-order valence-corrected chi connectivity index (χ3v) is 8.01. The van der Waals surface area contributed by atoms with Gasteiger partial charge in [-0.25, -0.2) is 13.9 Å². The second-order valence-corrected chi connectivity index (χ2v) is 12.1. The van der Waals surface area contributed by atoms with Crippen molar-refractivity contribution in [2.24, 2.45) is 0 Å². The van der Waals surface area contributed by atoms with E-state index >= 15 is 0 Å². The molecule has 3 aromatic rings. The molecule has 0 bridgehead atoms. The molecule has 0 spiro atoms. The van der Waals surface area contributed by atoms with Crippen LogP contribution >= 0.6 is 11.8 Å². The highest BCUT2D eigenvalue weighted by molar-refractivity contribution is 7.98. The van der Waals surface area contributed by atoms with Gasteiger partial charge in [0.15, 0.2) is 5.16 Å². The fourth-order valence-electron chi connectivity index (χ4n) is 4.01. The lowest BCUT2D eigenvalue weighted by atomic mass is 10.2. The van der Waals surface area contributed by atoms with Gasteiger partial charge in [0.05, 0.1) is 45.3 Å². The second-order valence-electron chi connectivity index (χ2n) is 9.21. The number of para-hydroxylation sites is 2. The number of likely N-dealkylation sites (N-methyl/N-ethyl adjacent to an activating group) is 1. The van der Waals surface area contributed by atoms with E-state index in [9.17, 15) is 13.8 Å². The van der Waals surface area contributed by atoms with Gasteiger partial charge in [-0.2, -0.15) is 0 Å². The number of carbonyl (C=O) groups excluding carboxylic acids is 2. The molecule has 1 aromatic heterocycles. The number of amides is 1. The average Bonchev–Trinajstić information content (AvgIpc) is 3.24. The van der Waals surface area contributed by atoms with Gasteiger partial charge in [0, 0.05) is 18.4 Å². The molecule has 2 N–H and O–H groups in total. The van der Waals surface area contributed by atoms with Crippen LogP contribution in [0.1, 0.15) is 13.8 Å². The molecule has 3 atom stereocenters. The van der Waals surface area contributed by atoms with Crippen LogP contribution in [-0.4, -0.2) is 89.4 Å². The molecule has 0 saturated heterocycles. The molecule has 0 aliphatic carbocycles. The lowest BCUT2D eigenvalue weighted by molar-refractivity contribution is -0.160. The Morgan fingerprint density at radius 2 is 2.02 bits per heavy atom. The van der Waals surface area contributed by atoms with Crippen molar-refractivity contribution < 1.29 is 28.0 Å². The first kappa shape index (κ1) is 31.4. The zero-order valence-electron chi connectivity index (χ0n) is 23.4. The third-order valence-electron chi connectivity index (χ3n) is 5.66. The van der Waals surface area contributed by atoms with Crippen molar-refractivity contribution in [2.75, 3.05) is 45.4 Å². The minimum atomic E-state index is -3.14. The summed E-state index contributed by atoms with van der Waals surface area (Å²) in [7, 11) is 0.464. The molecular weight excluding hydrogens is 554 g/mol. The summed E-state index contributed by atoms with van der Waals surface area (Å²) in [5, 5.41) is 3.69. The lowest BCUT2D eigenvalue weighted by Gasteiger charge is -2.23. The minimum absolute atomic E-state index is 0.0522. The van der Waals surface area contributed by atoms with Gasteiger partial charge < -0.3 is 29.0 Å². The number of carbonyl (C=O) groups is 2. The Bertz CT molecular complexity index is 1410. The van der Waals surface area contributed by atoms with Gasteiger partial charge in [0.2, 0.25) is 12.2 Å². The van der Waals surface area contributed by atoms with Crippen LogP contribution < -0.4 is 14.8 Å². The van der Waals surface area contributed by atoms with Gasteiger partial charge in [-0.1, -0.05) is 23.9 Å². The normalized spacial score (nSPS) is 14.4. The SMILES string of the molecule is C=S(=O)(NCC(OC=O)OCC)c1ccc(NC(=O)CN(C)C)cc1O[C@H](C)Cn1c(SC)nc2ccccc21. The maximum atomic E-state index is 13.8. The fourth-order valence-corrected chi connectivity index (χ4v) is 5.87. The van der Waals surface area contributed by atoms with E-state index in [1.807, 2.05) is 37.4 Å². The molecule has 0 radical (unpaired) electrons. The molecule has 2 unspecified atom stereocenters. The summed E-state index contributed by atoms with van der Waals surface area (Å²) in [5.74, 6) is 3.99. The standard InChI is InChI=1S/C27H37N5O6S2/c1-7-36-26(37-18-33)15-28-40(6,35)24-13-12-20(29-25(34)17-31(3)4)14-23(24)38-19(2)16-32-22-11-9-8-10-21(22)30-27(32)39-5/h8-14,18-19,26H,6-7,15-17H2,1-5H3,(H,28,35)(H,29,34)/t19-,26?,40?/m1/s1. The van der Waals surface area contributed by atoms with Crippen molar-refractivity contribution in [3.05, 3.63) is 42.5 Å². The average molecular weight is 592 g/mol. The zero-order chi connectivity index (χ0) is 29.3. The van der Waals surface area contributed by atoms with E-state index in [0.717, 1.165) is 16.2 Å². The van der Waals surface area contributed by atoms with Gasteiger partial charge in [-0.15, -0.1) is 0 Å². The van der Waals surface area contributed by atoms with Crippen LogP contribution in [0, 0.1) is 0 Å². The summed E-state index contributed by atoms with van der Waals surface area (Å²) in [5.41, 5.74) is 2.35. The van der Waals surface area contributed by atoms with E-state index in [-0.39, 0.29) is 31.6 Å². The molecule has 3 rings (SSSR count). The van der Waals surface area contributed by atoms with Crippen LogP contribution in [0.15, 0.2) is 52.5 Å². The van der Waals surface area contributed by atoms with E-state index in [2.05, 4.69) is 20.5 Å². The molecule has 1 amide bonds. The largest absolute Gasteiger partial charge is 0.487 e. The van der Waals surface area contributed by atoms with Crippen molar-refractivity contribution in [3.8, 4) is 5.75 Å². The number of hydrogen-bond donors (Lipinski definition) is 2. The minimum Gasteiger partial charge on any atom is -0.487 e. The highest BCUT2D eigenvalue weighted by atomic mass is 32.2. The number of hydrogen-bond acceptors (Lipinski definition) is 9. The van der Waals surface area contributed by atoms with Crippen molar-refractivity contribution in [3.63, 3.8) is 0 Å². The first-order valence-electron chi connectivity index (χ1n) is 12.6. The van der Waals surface area contributed by atoms with Crippen LogP contribution in [0.4, 0.5) is 5.69 Å². The third kappa shape index (κ3) is 8.45. The summed E-state index contributed by atoms with van der Waals surface area (Å²) in [6, 6.07) is 12.7. The van der Waals surface area contributed by atoms with Gasteiger partial charge in [0.1, 0.15) is 11.9 Å². The number of nitrogens with one attached hydrogen (secondary N) is 2. The van der Waals surface area contributed by atoms with Crippen molar-refractivity contribution in [1.82, 2.24) is 19.2 Å². The quantitative estimate of drug-likeness (QED) is 0.112. The lowest BCUT2D eigenvalue weighted by Crippen LogP contribution is -2.35. The Morgan fingerprint density at radius 3 is 2.70 bits per heavy atom. The van der Waals surface area contributed by atoms with E-state index in [1.165, 1.54) is 11.8 Å². The summed E-state index contributed by atoms with van der Waals surface area (Å²) >= 11 is 1.54. The number of fused-ring (bicyclic) bond motifs is 1. The van der Waals surface area contributed by atoms with Crippen LogP contribution in [0.3, 0.4) is 0 Å². The Labute approximate surface area is 239 Å². The van der Waals surface area contributed by atoms with Crippen molar-refractivity contribution in [2.45, 2.75) is 42.8 Å². The van der Waals surface area contributed by atoms with Crippen LogP contribution in [-0.2, 0) is 35.3 Å². The highest BCUT2D eigenvalue weighted by Crippen LogP contribution is 2.30. The second kappa shape index (κ2) is 14.5. The zero-order valence-corrected chi connectivity index (χ0v) is 25.0. The molecule has 13 heteroatoms. The smallest absolute Gasteiger partial charge is 0.295 e. The number of aromatic nitrogens is 2. The molecule has 1 heterocycles. The van der Waals surface area contributed by atoms with Gasteiger partial charge in [-0.3, -0.25) is 9.59 Å². The molecule has 0 aliphatic heterocycles. The number of imidazole rings is 1. The highest BCUT2D eigenvalue weighted by Gasteiger charge is 2.21. The Balaban J connectivity index is 1.91. The number of anilines is 1. The molecule has 0 saturated carbocycles. The van der Waals surface area contributed by atoms with Gasteiger partial charge in [0.25, 0.3) is 6.47 Å². The maximum Gasteiger partial charge on any atom is 0.295 e. The first-order chi connectivity index (χ1) is 19.1. The summed E-state index contributed by atoms with van der Waals surface area (Å²) in [4.78, 5) is 30.0. The monoisotopic (exact) mass is 591 g/mol. The summed E-state index contributed by atoms with van der Waals surface area (Å²) < 4.78 is 35.3. The maximum absolute atomic E-state index is 13.8. The van der Waals surface area contributed by atoms with Crippen LogP contribution in [0.25, 0.3) is 11.0 Å². The van der Waals surface area contributed by atoms with E-state index < -0.39 is 16.0 Å². The Kier molecular flexibility index (Phi) is 11.4. The molecule has 0 fully saturated rings. The van der Waals surface area contributed by atoms with Crippen LogP contribution in [0.2, 0.25) is 0 Å². The predicted octanol–water partition coefficient (Wildman–Crippen LogP) is 2.84.